The molecule has 2 aromatic heterocycles. The molecule has 0 radical (unpaired) electrons. The Labute approximate surface area is 211 Å². The minimum Gasteiger partial charge on any atom is -0.394 e. The second kappa shape index (κ2) is 8.09. The first kappa shape index (κ1) is 22.2. The van der Waals surface area contributed by atoms with Gasteiger partial charge in [0, 0.05) is 19.4 Å². The zero-order chi connectivity index (χ0) is 23.9. The van der Waals surface area contributed by atoms with Crippen molar-refractivity contribution >= 4 is 17.0 Å². The van der Waals surface area contributed by atoms with Crippen molar-refractivity contribution in [2.75, 3.05) is 18.5 Å². The molecule has 2 aliphatic heterocycles. The third-order valence-electron chi connectivity index (χ3n) is 10.2. The second-order valence-corrected chi connectivity index (χ2v) is 12.7. The number of aliphatic hydroxyl groups is 1. The number of hydrogen-bond donors (Lipinski definition) is 2. The molecule has 2 aromatic rings. The lowest BCUT2D eigenvalue weighted by Crippen LogP contribution is -2.49. The molecule has 36 heavy (non-hydrogen) atoms. The van der Waals surface area contributed by atoms with E-state index in [2.05, 4.69) is 15.3 Å². The van der Waals surface area contributed by atoms with Crippen LogP contribution in [0.5, 0.6) is 0 Å². The van der Waals surface area contributed by atoms with Crippen LogP contribution in [0, 0.1) is 23.2 Å². The lowest BCUT2D eigenvalue weighted by molar-refractivity contribution is -0.232. The summed E-state index contributed by atoms with van der Waals surface area (Å²) in [4.78, 5) is 13.9. The van der Waals surface area contributed by atoms with E-state index in [4.69, 9.17) is 19.2 Å². The zero-order valence-corrected chi connectivity index (χ0v) is 20.8. The summed E-state index contributed by atoms with van der Waals surface area (Å²) in [7, 11) is 0. The Bertz CT molecular complexity index is 1110. The number of imidazole rings is 1. The molecule has 2 saturated heterocycles. The molecule has 5 aliphatic carbocycles. The van der Waals surface area contributed by atoms with Gasteiger partial charge >= 0.3 is 0 Å². The highest BCUT2D eigenvalue weighted by Crippen LogP contribution is 2.60. The van der Waals surface area contributed by atoms with Crippen molar-refractivity contribution in [3.8, 4) is 0 Å². The lowest BCUT2D eigenvalue weighted by atomic mass is 9.49. The summed E-state index contributed by atoms with van der Waals surface area (Å²) in [6, 6.07) is 0. The average Bonchev–Trinajstić information content (AvgIpc) is 3.54. The Hall–Kier alpha value is -1.81. The van der Waals surface area contributed by atoms with Crippen LogP contribution in [0.25, 0.3) is 11.2 Å². The monoisotopic (exact) mass is 495 g/mol. The van der Waals surface area contributed by atoms with Crippen LogP contribution in [-0.2, 0) is 14.2 Å². The van der Waals surface area contributed by atoms with E-state index in [0.717, 1.165) is 67.0 Å². The van der Waals surface area contributed by atoms with Gasteiger partial charge in [-0.05, 0) is 74.5 Å². The van der Waals surface area contributed by atoms with Gasteiger partial charge in [-0.3, -0.25) is 4.57 Å². The lowest BCUT2D eigenvalue weighted by Gasteiger charge is -2.57. The molecular weight excluding hydrogens is 458 g/mol. The van der Waals surface area contributed by atoms with Crippen molar-refractivity contribution in [2.24, 2.45) is 23.2 Å². The molecule has 1 spiro atoms. The molecule has 7 fully saturated rings. The minimum absolute atomic E-state index is 0.101. The highest BCUT2D eigenvalue weighted by molar-refractivity contribution is 5.82. The molecule has 1 unspecified atom stereocenters. The van der Waals surface area contributed by atoms with Gasteiger partial charge in [-0.2, -0.15) is 0 Å². The predicted molar refractivity (Wildman–Crippen MR) is 131 cm³/mol. The number of aliphatic hydroxyl groups excluding tert-OH is 1. The highest BCUT2D eigenvalue weighted by atomic mass is 16.8. The highest BCUT2D eigenvalue weighted by Gasteiger charge is 2.59. The van der Waals surface area contributed by atoms with Crippen molar-refractivity contribution in [3.63, 3.8) is 0 Å². The van der Waals surface area contributed by atoms with E-state index in [0.29, 0.717) is 5.41 Å². The Morgan fingerprint density at radius 1 is 0.944 bits per heavy atom. The van der Waals surface area contributed by atoms with Gasteiger partial charge in [-0.1, -0.05) is 6.42 Å². The van der Waals surface area contributed by atoms with Crippen molar-refractivity contribution < 1.29 is 19.3 Å². The van der Waals surface area contributed by atoms with E-state index in [1.54, 1.807) is 12.7 Å². The molecule has 5 saturated carbocycles. The first-order valence-electron chi connectivity index (χ1n) is 14.2. The van der Waals surface area contributed by atoms with Crippen molar-refractivity contribution in [3.05, 3.63) is 12.7 Å². The molecule has 4 heterocycles. The van der Waals surface area contributed by atoms with Crippen molar-refractivity contribution in [1.29, 1.82) is 0 Å². The van der Waals surface area contributed by atoms with Crippen LogP contribution < -0.4 is 5.32 Å². The normalized spacial score (nSPS) is 42.4. The minimum atomic E-state index is -0.543. The summed E-state index contributed by atoms with van der Waals surface area (Å²) in [5, 5.41) is 13.7. The number of aromatic nitrogens is 4. The average molecular weight is 496 g/mol. The van der Waals surface area contributed by atoms with E-state index < -0.39 is 18.1 Å². The third kappa shape index (κ3) is 3.38. The fourth-order valence-electron chi connectivity index (χ4n) is 9.14. The Balaban J connectivity index is 1.06. The predicted octanol–water partition coefficient (Wildman–Crippen LogP) is 3.79. The van der Waals surface area contributed by atoms with Gasteiger partial charge in [0.25, 0.3) is 0 Å². The summed E-state index contributed by atoms with van der Waals surface area (Å²) in [5.41, 5.74) is 1.91. The molecule has 9 heteroatoms. The maximum atomic E-state index is 10.0. The molecule has 194 valence electrons. The van der Waals surface area contributed by atoms with Gasteiger partial charge in [-0.15, -0.1) is 0 Å². The topological polar surface area (TPSA) is 104 Å². The number of nitrogens with zero attached hydrogens (tertiary/aromatic N) is 4. The molecular formula is C27H37N5O4. The van der Waals surface area contributed by atoms with Crippen LogP contribution in [0.15, 0.2) is 12.7 Å². The SMILES string of the molecule is OC[C@H]1O[C@@H](n2cnc3c(NCC45CC6CC(CC(C6)C4)C5)ncnc32)[C@H]2OC3(CCCCC3)OC12. The first-order valence-corrected chi connectivity index (χ1v) is 14.2. The Morgan fingerprint density at radius 2 is 1.67 bits per heavy atom. The van der Waals surface area contributed by atoms with Gasteiger partial charge in [-0.25, -0.2) is 15.0 Å². The van der Waals surface area contributed by atoms with E-state index in [1.807, 2.05) is 4.57 Å². The fourth-order valence-corrected chi connectivity index (χ4v) is 9.14. The van der Waals surface area contributed by atoms with Crippen LogP contribution in [0.3, 0.4) is 0 Å². The molecule has 7 aliphatic rings. The number of fused-ring (bicyclic) bond motifs is 2. The summed E-state index contributed by atoms with van der Waals surface area (Å²) in [6.45, 7) is 0.864. The molecule has 9 nitrogen and oxygen atoms in total. The smallest absolute Gasteiger partial charge is 0.169 e. The van der Waals surface area contributed by atoms with Gasteiger partial charge in [0.05, 0.1) is 12.9 Å². The van der Waals surface area contributed by atoms with Gasteiger partial charge in [0.1, 0.15) is 24.6 Å². The summed E-state index contributed by atoms with van der Waals surface area (Å²) < 4.78 is 21.3. The standard InChI is InChI=1S/C27H37N5O4/c33-12-19-21-22(36-27(35-21)4-2-1-3-5-27)25(34-19)32-15-31-20-23(29-14-30-24(20)32)28-13-26-9-16-6-17(10-26)8-18(7-16)11-26/h14-19,21-22,25,33H,1-13H2,(H,28,29,30)/t16?,17?,18?,19-,21?,22+,25-,26?/m1/s1. The molecule has 4 atom stereocenters. The molecule has 0 aromatic carbocycles. The number of rotatable bonds is 5. The van der Waals surface area contributed by atoms with E-state index in [-0.39, 0.29) is 18.8 Å². The molecule has 4 bridgehead atoms. The number of anilines is 1. The van der Waals surface area contributed by atoms with E-state index in [9.17, 15) is 5.11 Å². The van der Waals surface area contributed by atoms with Crippen LogP contribution in [-0.4, -0.2) is 61.9 Å². The van der Waals surface area contributed by atoms with Crippen LogP contribution in [0.1, 0.15) is 76.9 Å². The van der Waals surface area contributed by atoms with Crippen molar-refractivity contribution in [2.45, 2.75) is 101 Å². The van der Waals surface area contributed by atoms with Crippen LogP contribution in [0.4, 0.5) is 5.82 Å². The molecule has 0 amide bonds. The van der Waals surface area contributed by atoms with Crippen LogP contribution in [0.2, 0.25) is 0 Å². The van der Waals surface area contributed by atoms with Gasteiger partial charge in [0.2, 0.25) is 0 Å². The van der Waals surface area contributed by atoms with Gasteiger partial charge < -0.3 is 24.6 Å². The van der Waals surface area contributed by atoms with Crippen molar-refractivity contribution in [1.82, 2.24) is 19.5 Å². The fraction of sp³-hybridized carbons (Fsp3) is 0.815. The summed E-state index contributed by atoms with van der Waals surface area (Å²) in [5.74, 6) is 3.04. The van der Waals surface area contributed by atoms with Gasteiger partial charge in [0.15, 0.2) is 29.0 Å². The summed E-state index contributed by atoms with van der Waals surface area (Å²) >= 11 is 0. The van der Waals surface area contributed by atoms with Crippen LogP contribution >= 0.6 is 0 Å². The maximum absolute atomic E-state index is 10.0. The van der Waals surface area contributed by atoms with E-state index in [1.165, 1.54) is 44.9 Å². The Kier molecular flexibility index (Phi) is 4.99. The quantitative estimate of drug-likeness (QED) is 0.646. The van der Waals surface area contributed by atoms with E-state index >= 15 is 0 Å². The largest absolute Gasteiger partial charge is 0.394 e. The number of nitrogens with one attached hydrogen (secondary N) is 1. The first-order chi connectivity index (χ1) is 17.6. The molecule has 2 N–H and O–H groups in total. The third-order valence-corrected chi connectivity index (χ3v) is 10.2. The zero-order valence-electron chi connectivity index (χ0n) is 20.8. The summed E-state index contributed by atoms with van der Waals surface area (Å²) in [6.07, 6.45) is 15.6. The number of ether oxygens (including phenoxy) is 3. The Morgan fingerprint density at radius 3 is 2.39 bits per heavy atom. The number of hydrogen-bond acceptors (Lipinski definition) is 8. The second-order valence-electron chi connectivity index (χ2n) is 12.7. The maximum Gasteiger partial charge on any atom is 0.169 e. The molecule has 9 rings (SSSR count).